The minimum Gasteiger partial charge on any atom is -0.468 e. The molecule has 0 spiro atoms. The molecule has 1 aromatic rings. The van der Waals surface area contributed by atoms with E-state index in [0.717, 1.165) is 5.56 Å². The maximum atomic E-state index is 11.8. The van der Waals surface area contributed by atoms with Crippen molar-refractivity contribution in [2.75, 3.05) is 20.2 Å². The molecular formula is C13H18N2O3. The molecule has 0 aliphatic carbocycles. The van der Waals surface area contributed by atoms with Crippen molar-refractivity contribution in [2.24, 2.45) is 5.73 Å². The van der Waals surface area contributed by atoms with Crippen LogP contribution in [0.1, 0.15) is 12.0 Å². The lowest BCUT2D eigenvalue weighted by molar-refractivity contribution is -0.147. The molecular weight excluding hydrogens is 232 g/mol. The van der Waals surface area contributed by atoms with Crippen LogP contribution in [-0.2, 0) is 20.9 Å². The van der Waals surface area contributed by atoms with Gasteiger partial charge in [-0.1, -0.05) is 30.3 Å². The van der Waals surface area contributed by atoms with Crippen LogP contribution in [0.15, 0.2) is 30.3 Å². The third kappa shape index (κ3) is 4.55. The second kappa shape index (κ2) is 7.45. The fourth-order valence-corrected chi connectivity index (χ4v) is 1.54. The Balaban J connectivity index is 2.71. The number of hydrogen-bond donors (Lipinski definition) is 1. The average molecular weight is 250 g/mol. The summed E-state index contributed by atoms with van der Waals surface area (Å²) in [5.41, 5.74) is 6.32. The van der Waals surface area contributed by atoms with Crippen molar-refractivity contribution in [2.45, 2.75) is 13.0 Å². The smallest absolute Gasteiger partial charge is 0.325 e. The molecule has 98 valence electrons. The maximum absolute atomic E-state index is 11.8. The number of hydrogen-bond acceptors (Lipinski definition) is 4. The standard InChI is InChI=1S/C13H18N2O3/c1-18-13(17)10-15(12(16)7-8-14)9-11-5-3-2-4-6-11/h2-6H,7-10,14H2,1H3. The maximum Gasteiger partial charge on any atom is 0.325 e. The van der Waals surface area contributed by atoms with E-state index in [1.807, 2.05) is 30.3 Å². The number of esters is 1. The topological polar surface area (TPSA) is 72.6 Å². The van der Waals surface area contributed by atoms with Gasteiger partial charge in [-0.2, -0.15) is 0 Å². The van der Waals surface area contributed by atoms with Crippen LogP contribution in [0.2, 0.25) is 0 Å². The quantitative estimate of drug-likeness (QED) is 0.748. The Morgan fingerprint density at radius 2 is 1.94 bits per heavy atom. The lowest BCUT2D eigenvalue weighted by Gasteiger charge is -2.21. The first-order valence-corrected chi connectivity index (χ1v) is 5.76. The van der Waals surface area contributed by atoms with E-state index in [-0.39, 0.29) is 25.4 Å². The van der Waals surface area contributed by atoms with Crippen molar-refractivity contribution in [3.8, 4) is 0 Å². The van der Waals surface area contributed by atoms with Crippen LogP contribution in [0.4, 0.5) is 0 Å². The molecule has 0 saturated carbocycles. The van der Waals surface area contributed by atoms with Crippen LogP contribution in [0, 0.1) is 0 Å². The fraction of sp³-hybridized carbons (Fsp3) is 0.385. The molecule has 5 nitrogen and oxygen atoms in total. The Bertz CT molecular complexity index is 392. The molecule has 0 aromatic heterocycles. The molecule has 0 radical (unpaired) electrons. The van der Waals surface area contributed by atoms with Crippen molar-refractivity contribution >= 4 is 11.9 Å². The third-order valence-electron chi connectivity index (χ3n) is 2.47. The highest BCUT2D eigenvalue weighted by molar-refractivity contribution is 5.82. The highest BCUT2D eigenvalue weighted by Gasteiger charge is 2.17. The van der Waals surface area contributed by atoms with Gasteiger partial charge in [0.1, 0.15) is 6.54 Å². The second-order valence-electron chi connectivity index (χ2n) is 3.85. The first-order valence-electron chi connectivity index (χ1n) is 5.76. The van der Waals surface area contributed by atoms with Gasteiger partial charge in [-0.25, -0.2) is 0 Å². The number of ether oxygens (including phenoxy) is 1. The number of benzene rings is 1. The second-order valence-corrected chi connectivity index (χ2v) is 3.85. The van der Waals surface area contributed by atoms with Crippen molar-refractivity contribution in [1.29, 1.82) is 0 Å². The Hall–Kier alpha value is -1.88. The Morgan fingerprint density at radius 1 is 1.28 bits per heavy atom. The molecule has 0 fully saturated rings. The highest BCUT2D eigenvalue weighted by Crippen LogP contribution is 2.06. The monoisotopic (exact) mass is 250 g/mol. The summed E-state index contributed by atoms with van der Waals surface area (Å²) in [5, 5.41) is 0. The van der Waals surface area contributed by atoms with Gasteiger partial charge in [0.15, 0.2) is 0 Å². The van der Waals surface area contributed by atoms with Gasteiger partial charge in [-0.3, -0.25) is 9.59 Å². The van der Waals surface area contributed by atoms with Crippen molar-refractivity contribution in [1.82, 2.24) is 4.90 Å². The van der Waals surface area contributed by atoms with Gasteiger partial charge in [0.25, 0.3) is 0 Å². The largest absolute Gasteiger partial charge is 0.468 e. The van der Waals surface area contributed by atoms with Gasteiger partial charge in [-0.05, 0) is 5.56 Å². The zero-order valence-electron chi connectivity index (χ0n) is 10.5. The zero-order chi connectivity index (χ0) is 13.4. The van der Waals surface area contributed by atoms with E-state index in [1.54, 1.807) is 0 Å². The number of methoxy groups -OCH3 is 1. The minimum absolute atomic E-state index is 0.0514. The SMILES string of the molecule is COC(=O)CN(Cc1ccccc1)C(=O)CCN. The molecule has 2 N–H and O–H groups in total. The molecule has 5 heteroatoms. The minimum atomic E-state index is -0.434. The summed E-state index contributed by atoms with van der Waals surface area (Å²) < 4.78 is 4.58. The Kier molecular flexibility index (Phi) is 5.87. The first kappa shape index (κ1) is 14.2. The Labute approximate surface area is 107 Å². The first-order chi connectivity index (χ1) is 8.67. The van der Waals surface area contributed by atoms with Gasteiger partial charge in [-0.15, -0.1) is 0 Å². The number of carbonyl (C=O) groups excluding carboxylic acids is 2. The van der Waals surface area contributed by atoms with Gasteiger partial charge < -0.3 is 15.4 Å². The summed E-state index contributed by atoms with van der Waals surface area (Å²) in [5.74, 6) is -0.581. The predicted octanol–water partition coefficient (Wildman–Crippen LogP) is 0.537. The van der Waals surface area contributed by atoms with Gasteiger partial charge >= 0.3 is 5.97 Å². The fourth-order valence-electron chi connectivity index (χ4n) is 1.54. The van der Waals surface area contributed by atoms with E-state index >= 15 is 0 Å². The average Bonchev–Trinajstić information content (AvgIpc) is 2.39. The van der Waals surface area contributed by atoms with Crippen LogP contribution < -0.4 is 5.73 Å². The van der Waals surface area contributed by atoms with Crippen LogP contribution in [0.3, 0.4) is 0 Å². The van der Waals surface area contributed by atoms with E-state index in [2.05, 4.69) is 4.74 Å². The van der Waals surface area contributed by atoms with E-state index in [0.29, 0.717) is 6.54 Å². The number of nitrogens with two attached hydrogens (primary N) is 1. The number of rotatable bonds is 6. The van der Waals surface area contributed by atoms with Gasteiger partial charge in [0.05, 0.1) is 7.11 Å². The highest BCUT2D eigenvalue weighted by atomic mass is 16.5. The van der Waals surface area contributed by atoms with Crippen molar-refractivity contribution < 1.29 is 14.3 Å². The zero-order valence-corrected chi connectivity index (χ0v) is 10.5. The van der Waals surface area contributed by atoms with E-state index in [1.165, 1.54) is 12.0 Å². The Morgan fingerprint density at radius 3 is 2.50 bits per heavy atom. The predicted molar refractivity (Wildman–Crippen MR) is 67.5 cm³/mol. The van der Waals surface area contributed by atoms with Crippen LogP contribution in [0.25, 0.3) is 0 Å². The lowest BCUT2D eigenvalue weighted by atomic mass is 10.2. The normalized spacial score (nSPS) is 9.89. The summed E-state index contributed by atoms with van der Waals surface area (Å²) in [6, 6.07) is 9.48. The number of amides is 1. The van der Waals surface area contributed by atoms with Crippen LogP contribution in [0.5, 0.6) is 0 Å². The van der Waals surface area contributed by atoms with Crippen LogP contribution >= 0.6 is 0 Å². The molecule has 1 amide bonds. The van der Waals surface area contributed by atoms with Crippen molar-refractivity contribution in [3.63, 3.8) is 0 Å². The van der Waals surface area contributed by atoms with E-state index in [4.69, 9.17) is 5.73 Å². The molecule has 1 aromatic carbocycles. The summed E-state index contributed by atoms with van der Waals surface area (Å²) in [7, 11) is 1.30. The van der Waals surface area contributed by atoms with Crippen LogP contribution in [-0.4, -0.2) is 37.0 Å². The molecule has 0 unspecified atom stereocenters. The summed E-state index contributed by atoms with van der Waals surface area (Å²) in [4.78, 5) is 24.6. The number of carbonyl (C=O) groups is 2. The molecule has 0 bridgehead atoms. The third-order valence-corrected chi connectivity index (χ3v) is 2.47. The molecule has 0 heterocycles. The van der Waals surface area contributed by atoms with E-state index in [9.17, 15) is 9.59 Å². The summed E-state index contributed by atoms with van der Waals surface area (Å²) >= 11 is 0. The summed E-state index contributed by atoms with van der Waals surface area (Å²) in [6.45, 7) is 0.601. The molecule has 0 aliphatic rings. The van der Waals surface area contributed by atoms with Crippen molar-refractivity contribution in [3.05, 3.63) is 35.9 Å². The van der Waals surface area contributed by atoms with Gasteiger partial charge in [0, 0.05) is 19.5 Å². The molecule has 0 saturated heterocycles. The molecule has 0 aliphatic heterocycles. The molecule has 1 rings (SSSR count). The lowest BCUT2D eigenvalue weighted by Crippen LogP contribution is -2.36. The summed E-state index contributed by atoms with van der Waals surface area (Å²) in [6.07, 6.45) is 0.226. The molecule has 18 heavy (non-hydrogen) atoms. The number of nitrogens with zero attached hydrogens (tertiary/aromatic N) is 1. The molecule has 0 atom stereocenters. The van der Waals surface area contributed by atoms with Gasteiger partial charge in [0.2, 0.25) is 5.91 Å². The van der Waals surface area contributed by atoms with E-state index < -0.39 is 5.97 Å².